The van der Waals surface area contributed by atoms with Crippen LogP contribution in [0.5, 0.6) is 0 Å². The summed E-state index contributed by atoms with van der Waals surface area (Å²) in [5.41, 5.74) is 1.38. The van der Waals surface area contributed by atoms with E-state index in [1.54, 1.807) is 19.9 Å². The van der Waals surface area contributed by atoms with Gasteiger partial charge in [0.25, 0.3) is 0 Å². The first-order chi connectivity index (χ1) is 10.4. The molecule has 0 unspecified atom stereocenters. The maximum Gasteiger partial charge on any atom is 0.219 e. The Hall–Kier alpha value is -2.12. The van der Waals surface area contributed by atoms with Crippen LogP contribution in [0.3, 0.4) is 0 Å². The lowest BCUT2D eigenvalue weighted by Gasteiger charge is -2.10. The van der Waals surface area contributed by atoms with Crippen LogP contribution in [0.4, 0.5) is 0 Å². The lowest BCUT2D eigenvalue weighted by atomic mass is 10.2. The first-order valence-electron chi connectivity index (χ1n) is 6.83. The van der Waals surface area contributed by atoms with Crippen molar-refractivity contribution in [1.82, 2.24) is 9.88 Å². The predicted octanol–water partition coefficient (Wildman–Crippen LogP) is 2.91. The molecule has 6 nitrogen and oxygen atoms in total. The zero-order valence-electron chi connectivity index (χ0n) is 12.2. The maximum atomic E-state index is 12.2. The molecule has 0 aliphatic carbocycles. The predicted molar refractivity (Wildman–Crippen MR) is 81.6 cm³/mol. The average molecular weight is 320 g/mol. The number of para-hydroxylation sites is 1. The van der Waals surface area contributed by atoms with Crippen LogP contribution < -0.4 is 4.72 Å². The van der Waals surface area contributed by atoms with E-state index < -0.39 is 16.1 Å². The molecule has 0 aliphatic rings. The van der Waals surface area contributed by atoms with Crippen molar-refractivity contribution >= 4 is 21.0 Å². The van der Waals surface area contributed by atoms with E-state index in [-0.39, 0.29) is 5.75 Å². The van der Waals surface area contributed by atoms with Crippen LogP contribution in [0.2, 0.25) is 0 Å². The molecule has 1 aromatic carbocycles. The van der Waals surface area contributed by atoms with Crippen LogP contribution in [0, 0.1) is 6.92 Å². The smallest absolute Gasteiger partial charge is 0.219 e. The van der Waals surface area contributed by atoms with Gasteiger partial charge in [-0.3, -0.25) is 0 Å². The van der Waals surface area contributed by atoms with Crippen molar-refractivity contribution in [1.29, 1.82) is 0 Å². The van der Waals surface area contributed by atoms with Crippen molar-refractivity contribution in [3.63, 3.8) is 0 Å². The molecule has 0 amide bonds. The molecule has 0 fully saturated rings. The zero-order chi connectivity index (χ0) is 15.7. The Morgan fingerprint density at radius 1 is 1.27 bits per heavy atom. The van der Waals surface area contributed by atoms with Crippen LogP contribution in [0.15, 0.2) is 45.3 Å². The fraction of sp³-hybridized carbons (Fsp3) is 0.267. The summed E-state index contributed by atoms with van der Waals surface area (Å²) in [6.07, 6.45) is 0. The van der Waals surface area contributed by atoms with Crippen molar-refractivity contribution in [2.75, 3.05) is 0 Å². The van der Waals surface area contributed by atoms with Crippen LogP contribution in [0.1, 0.15) is 30.2 Å². The Labute approximate surface area is 128 Å². The third kappa shape index (κ3) is 3.20. The number of aryl methyl sites for hydroxylation is 1. The number of sulfonamides is 1. The summed E-state index contributed by atoms with van der Waals surface area (Å²) < 4.78 is 37.5. The molecule has 7 heteroatoms. The molecule has 0 saturated carbocycles. The number of hydrogen-bond donors (Lipinski definition) is 1. The third-order valence-electron chi connectivity index (χ3n) is 3.24. The van der Waals surface area contributed by atoms with Gasteiger partial charge in [0.05, 0.1) is 11.7 Å². The van der Waals surface area contributed by atoms with E-state index in [1.165, 1.54) is 0 Å². The Morgan fingerprint density at radius 2 is 2.05 bits per heavy atom. The topological polar surface area (TPSA) is 85.3 Å². The average Bonchev–Trinajstić information content (AvgIpc) is 3.03. The van der Waals surface area contributed by atoms with Crippen LogP contribution in [0.25, 0.3) is 11.0 Å². The second-order valence-corrected chi connectivity index (χ2v) is 6.97. The molecule has 0 aliphatic heterocycles. The molecule has 0 radical (unpaired) electrons. The molecule has 0 saturated heterocycles. The highest BCUT2D eigenvalue weighted by molar-refractivity contribution is 7.88. The summed E-state index contributed by atoms with van der Waals surface area (Å²) in [5.74, 6) is 0.624. The van der Waals surface area contributed by atoms with Gasteiger partial charge in [0.1, 0.15) is 17.1 Å². The molecular weight excluding hydrogens is 304 g/mol. The summed E-state index contributed by atoms with van der Waals surface area (Å²) in [6.45, 7) is 3.48. The second kappa shape index (κ2) is 5.58. The summed E-state index contributed by atoms with van der Waals surface area (Å²) in [7, 11) is -3.55. The molecule has 22 heavy (non-hydrogen) atoms. The number of hydrogen-bond acceptors (Lipinski definition) is 5. The fourth-order valence-electron chi connectivity index (χ4n) is 2.26. The van der Waals surface area contributed by atoms with E-state index in [0.717, 1.165) is 11.0 Å². The number of nitrogens with one attached hydrogen (secondary N) is 1. The molecule has 1 N–H and O–H groups in total. The summed E-state index contributed by atoms with van der Waals surface area (Å²) in [4.78, 5) is 0. The van der Waals surface area contributed by atoms with Gasteiger partial charge in [0.15, 0.2) is 5.76 Å². The first-order valence-corrected chi connectivity index (χ1v) is 8.49. The number of benzene rings is 1. The highest BCUT2D eigenvalue weighted by Crippen LogP contribution is 2.24. The van der Waals surface area contributed by atoms with E-state index in [1.807, 2.05) is 30.3 Å². The van der Waals surface area contributed by atoms with Crippen molar-refractivity contribution < 1.29 is 17.4 Å². The van der Waals surface area contributed by atoms with E-state index in [4.69, 9.17) is 8.94 Å². The largest absolute Gasteiger partial charge is 0.459 e. The van der Waals surface area contributed by atoms with Gasteiger partial charge >= 0.3 is 0 Å². The van der Waals surface area contributed by atoms with Crippen molar-refractivity contribution in [2.24, 2.45) is 0 Å². The first kappa shape index (κ1) is 14.8. The molecular formula is C15H16N2O4S. The second-order valence-electron chi connectivity index (χ2n) is 5.22. The van der Waals surface area contributed by atoms with Gasteiger partial charge in [-0.15, -0.1) is 0 Å². The maximum absolute atomic E-state index is 12.2. The lowest BCUT2D eigenvalue weighted by Crippen LogP contribution is -2.27. The minimum absolute atomic E-state index is 0.252. The quantitative estimate of drug-likeness (QED) is 0.781. The molecule has 0 bridgehead atoms. The lowest BCUT2D eigenvalue weighted by molar-refractivity contribution is 0.387. The van der Waals surface area contributed by atoms with Gasteiger partial charge in [-0.25, -0.2) is 13.1 Å². The number of furan rings is 1. The van der Waals surface area contributed by atoms with Gasteiger partial charge in [0.2, 0.25) is 10.0 Å². The molecule has 1 atom stereocenters. The Bertz CT molecular complexity index is 862. The van der Waals surface area contributed by atoms with Crippen molar-refractivity contribution in [2.45, 2.75) is 25.6 Å². The Balaban J connectivity index is 1.76. The number of aromatic nitrogens is 1. The molecule has 3 aromatic rings. The summed E-state index contributed by atoms with van der Waals surface area (Å²) >= 11 is 0. The van der Waals surface area contributed by atoms with Crippen molar-refractivity contribution in [3.8, 4) is 0 Å². The van der Waals surface area contributed by atoms with Crippen LogP contribution in [-0.2, 0) is 15.8 Å². The molecule has 0 spiro atoms. The molecule has 3 rings (SSSR count). The van der Waals surface area contributed by atoms with Gasteiger partial charge < -0.3 is 8.94 Å². The van der Waals surface area contributed by atoms with Gasteiger partial charge in [-0.1, -0.05) is 23.4 Å². The van der Waals surface area contributed by atoms with E-state index >= 15 is 0 Å². The minimum atomic E-state index is -3.55. The van der Waals surface area contributed by atoms with E-state index in [9.17, 15) is 8.42 Å². The molecule has 2 heterocycles. The summed E-state index contributed by atoms with van der Waals surface area (Å²) in [6, 6.07) is 10.5. The monoisotopic (exact) mass is 320 g/mol. The Kier molecular flexibility index (Phi) is 3.76. The van der Waals surface area contributed by atoms with Gasteiger partial charge in [-0.05, 0) is 26.0 Å². The highest BCUT2D eigenvalue weighted by atomic mass is 32.2. The van der Waals surface area contributed by atoms with Gasteiger partial charge in [-0.2, -0.15) is 0 Å². The van der Waals surface area contributed by atoms with Crippen LogP contribution in [-0.4, -0.2) is 13.6 Å². The number of rotatable bonds is 5. The molecule has 2 aromatic heterocycles. The zero-order valence-corrected chi connectivity index (χ0v) is 13.1. The number of nitrogens with zero attached hydrogens (tertiary/aromatic N) is 1. The van der Waals surface area contributed by atoms with Crippen LogP contribution >= 0.6 is 0 Å². The normalized spacial score (nSPS) is 13.5. The Morgan fingerprint density at radius 3 is 2.73 bits per heavy atom. The minimum Gasteiger partial charge on any atom is -0.459 e. The van der Waals surface area contributed by atoms with E-state index in [2.05, 4.69) is 9.88 Å². The van der Waals surface area contributed by atoms with Gasteiger partial charge in [0, 0.05) is 11.5 Å². The SMILES string of the molecule is Cc1cc(CS(=O)(=O)N[C@H](C)c2cc3ccccc3o2)on1. The fourth-order valence-corrected chi connectivity index (χ4v) is 3.51. The summed E-state index contributed by atoms with van der Waals surface area (Å²) in [5, 5.41) is 4.62. The third-order valence-corrected chi connectivity index (χ3v) is 4.61. The van der Waals surface area contributed by atoms with Crippen molar-refractivity contribution in [3.05, 3.63) is 53.6 Å². The van der Waals surface area contributed by atoms with E-state index in [0.29, 0.717) is 17.2 Å². The highest BCUT2D eigenvalue weighted by Gasteiger charge is 2.21. The number of fused-ring (bicyclic) bond motifs is 1. The standard InChI is InChI=1S/C15H16N2O4S/c1-10-7-13(21-16-10)9-22(18,19)17-11(2)15-8-12-5-3-4-6-14(12)20-15/h3-8,11,17H,9H2,1-2H3/t11-/m1/s1. The molecule has 116 valence electrons.